The third-order valence-electron chi connectivity index (χ3n) is 1.35. The lowest BCUT2D eigenvalue weighted by Crippen LogP contribution is -2.32. The average molecular weight is 238 g/mol. The maximum Gasteiger partial charge on any atom is 0.356 e. The highest BCUT2D eigenvalue weighted by Gasteiger charge is 2.32. The van der Waals surface area contributed by atoms with Crippen molar-refractivity contribution in [1.29, 1.82) is 0 Å². The van der Waals surface area contributed by atoms with Crippen LogP contribution >= 0.6 is 22.9 Å². The number of carbonyl (C=O) groups excluding carboxylic acids is 1. The molecule has 1 aromatic rings. The van der Waals surface area contributed by atoms with E-state index in [4.69, 9.17) is 11.6 Å². The molecule has 1 aromatic heterocycles. The number of urea groups is 1. The molecule has 5 nitrogen and oxygen atoms in total. The molecule has 2 amide bonds. The molecular weight excluding hydrogens is 236 g/mol. The van der Waals surface area contributed by atoms with Crippen molar-refractivity contribution < 1.29 is 13.2 Å². The van der Waals surface area contributed by atoms with Crippen molar-refractivity contribution in [3.63, 3.8) is 0 Å². The molecule has 0 fully saturated rings. The highest BCUT2D eigenvalue weighted by atomic mass is 35.5. The molecule has 0 atom stereocenters. The molecule has 1 N–H and O–H groups in total. The molecule has 8 heteroatoms. The van der Waals surface area contributed by atoms with Gasteiger partial charge in [-0.15, -0.1) is 16.1 Å². The van der Waals surface area contributed by atoms with Crippen molar-refractivity contribution in [2.75, 3.05) is 5.32 Å². The number of rotatable bonds is 0. The zero-order valence-corrected chi connectivity index (χ0v) is 8.33. The summed E-state index contributed by atoms with van der Waals surface area (Å²) < 4.78 is 25.7. The standard InChI is InChI=1S/C5H2ClN2O3S2/c6-3-1-2-4(12-3)13(10,11)8-5(9)7-2/h1H,(H,7,9). The predicted molar refractivity (Wildman–Crippen MR) is 47.7 cm³/mol. The molecule has 69 valence electrons. The summed E-state index contributed by atoms with van der Waals surface area (Å²) in [5.74, 6) is 0. The molecule has 1 aliphatic heterocycles. The van der Waals surface area contributed by atoms with Crippen LogP contribution in [0.1, 0.15) is 0 Å². The zero-order valence-electron chi connectivity index (χ0n) is 5.94. The van der Waals surface area contributed by atoms with E-state index < -0.39 is 16.1 Å². The number of fused-ring (bicyclic) bond motifs is 1. The van der Waals surface area contributed by atoms with E-state index in [1.54, 1.807) is 0 Å². The van der Waals surface area contributed by atoms with Crippen LogP contribution in [0.25, 0.3) is 0 Å². The van der Waals surface area contributed by atoms with Crippen LogP contribution in [0.3, 0.4) is 0 Å². The highest BCUT2D eigenvalue weighted by molar-refractivity contribution is 7.92. The first-order valence-electron chi connectivity index (χ1n) is 3.07. The molecule has 0 saturated carbocycles. The lowest BCUT2D eigenvalue weighted by atomic mass is 10.5. The zero-order chi connectivity index (χ0) is 9.64. The summed E-state index contributed by atoms with van der Waals surface area (Å²) in [7, 11) is -3.82. The third-order valence-corrected chi connectivity index (χ3v) is 4.38. The average Bonchev–Trinajstić information content (AvgIpc) is 2.28. The number of halogens is 1. The van der Waals surface area contributed by atoms with Gasteiger partial charge in [0.05, 0.1) is 10.0 Å². The van der Waals surface area contributed by atoms with Crippen molar-refractivity contribution in [2.45, 2.75) is 4.21 Å². The lowest BCUT2D eigenvalue weighted by Gasteiger charge is -2.10. The van der Waals surface area contributed by atoms with Crippen LogP contribution in [0.2, 0.25) is 4.34 Å². The number of anilines is 1. The molecule has 2 heterocycles. The molecule has 0 bridgehead atoms. The Morgan fingerprint density at radius 3 is 2.92 bits per heavy atom. The van der Waals surface area contributed by atoms with Crippen LogP contribution in [0, 0.1) is 0 Å². The van der Waals surface area contributed by atoms with Crippen molar-refractivity contribution >= 4 is 44.7 Å². The van der Waals surface area contributed by atoms with Gasteiger partial charge in [0.25, 0.3) is 10.0 Å². The number of thiophene rings is 1. The van der Waals surface area contributed by atoms with Crippen LogP contribution in [0.5, 0.6) is 0 Å². The van der Waals surface area contributed by atoms with Gasteiger partial charge in [-0.25, -0.2) is 4.79 Å². The summed E-state index contributed by atoms with van der Waals surface area (Å²) >= 11 is 6.46. The second-order valence-corrected chi connectivity index (χ2v) is 5.73. The van der Waals surface area contributed by atoms with Gasteiger partial charge in [0.15, 0.2) is 4.21 Å². The predicted octanol–water partition coefficient (Wildman–Crippen LogP) is 1.24. The summed E-state index contributed by atoms with van der Waals surface area (Å²) in [4.78, 5) is 10.8. The Balaban J connectivity index is 2.69. The van der Waals surface area contributed by atoms with Crippen LogP contribution in [-0.4, -0.2) is 14.4 Å². The quantitative estimate of drug-likeness (QED) is 0.738. The van der Waals surface area contributed by atoms with Gasteiger partial charge >= 0.3 is 6.03 Å². The van der Waals surface area contributed by atoms with Gasteiger partial charge in [-0.2, -0.15) is 8.42 Å². The number of hydrogen-bond acceptors (Lipinski definition) is 4. The Bertz CT molecular complexity index is 478. The second kappa shape index (κ2) is 2.60. The van der Waals surface area contributed by atoms with Gasteiger partial charge in [0.1, 0.15) is 0 Å². The minimum absolute atomic E-state index is 0.0166. The van der Waals surface area contributed by atoms with Crippen LogP contribution in [0.15, 0.2) is 10.3 Å². The van der Waals surface area contributed by atoms with E-state index in [0.29, 0.717) is 4.34 Å². The number of sulfonamides is 1. The molecule has 2 rings (SSSR count). The van der Waals surface area contributed by atoms with Gasteiger partial charge in [0, 0.05) is 0 Å². The van der Waals surface area contributed by atoms with Gasteiger partial charge in [-0.3, -0.25) is 0 Å². The Morgan fingerprint density at radius 2 is 2.23 bits per heavy atom. The van der Waals surface area contributed by atoms with E-state index in [-0.39, 0.29) is 9.90 Å². The van der Waals surface area contributed by atoms with E-state index in [2.05, 4.69) is 10.0 Å². The van der Waals surface area contributed by atoms with Crippen molar-refractivity contribution in [2.24, 2.45) is 0 Å². The normalized spacial score (nSPS) is 18.7. The van der Waals surface area contributed by atoms with Gasteiger partial charge in [-0.05, 0) is 6.07 Å². The molecule has 13 heavy (non-hydrogen) atoms. The van der Waals surface area contributed by atoms with Gasteiger partial charge in [-0.1, -0.05) is 11.6 Å². The SMILES string of the molecule is O=C1[N]S(=O)(=O)c2sc(Cl)cc2N1. The van der Waals surface area contributed by atoms with Gasteiger partial charge < -0.3 is 5.32 Å². The Labute approximate surface area is 82.8 Å². The first kappa shape index (κ1) is 8.79. The van der Waals surface area contributed by atoms with Gasteiger partial charge in [0.2, 0.25) is 0 Å². The summed E-state index contributed by atoms with van der Waals surface area (Å²) in [6.07, 6.45) is 0. The Morgan fingerprint density at radius 1 is 1.54 bits per heavy atom. The Hall–Kier alpha value is -0.790. The summed E-state index contributed by atoms with van der Waals surface area (Å²) in [5, 5.41) is 2.28. The number of nitrogens with zero attached hydrogens (tertiary/aromatic N) is 1. The summed E-state index contributed by atoms with van der Waals surface area (Å²) in [6.45, 7) is 0. The summed E-state index contributed by atoms with van der Waals surface area (Å²) in [6, 6.07) is 0.494. The lowest BCUT2D eigenvalue weighted by molar-refractivity contribution is 0.255. The molecule has 1 aliphatic rings. The van der Waals surface area contributed by atoms with Crippen LogP contribution in [0.4, 0.5) is 10.5 Å². The smallest absolute Gasteiger partial charge is 0.303 e. The molecule has 0 saturated heterocycles. The first-order valence-corrected chi connectivity index (χ1v) is 5.71. The van der Waals surface area contributed by atoms with Crippen molar-refractivity contribution in [3.05, 3.63) is 10.4 Å². The maximum atomic E-state index is 11.2. The highest BCUT2D eigenvalue weighted by Crippen LogP contribution is 2.36. The largest absolute Gasteiger partial charge is 0.356 e. The maximum absolute atomic E-state index is 11.2. The molecule has 0 spiro atoms. The molecule has 0 aromatic carbocycles. The minimum Gasteiger partial charge on any atom is -0.303 e. The molecule has 0 aliphatic carbocycles. The molecule has 1 radical (unpaired) electrons. The first-order chi connectivity index (χ1) is 5.99. The number of amides is 2. The van der Waals surface area contributed by atoms with E-state index >= 15 is 0 Å². The topological polar surface area (TPSA) is 77.3 Å². The third kappa shape index (κ3) is 1.38. The van der Waals surface area contributed by atoms with E-state index in [9.17, 15) is 13.2 Å². The van der Waals surface area contributed by atoms with Crippen molar-refractivity contribution in [3.8, 4) is 0 Å². The van der Waals surface area contributed by atoms with E-state index in [1.807, 2.05) is 0 Å². The molecule has 0 unspecified atom stereocenters. The second-order valence-electron chi connectivity index (χ2n) is 2.25. The summed E-state index contributed by atoms with van der Waals surface area (Å²) in [5.41, 5.74) is 0.204. The number of carbonyl (C=O) groups is 1. The monoisotopic (exact) mass is 237 g/mol. The van der Waals surface area contributed by atoms with E-state index in [1.165, 1.54) is 6.07 Å². The number of nitrogens with one attached hydrogen (secondary N) is 1. The van der Waals surface area contributed by atoms with Crippen molar-refractivity contribution in [1.82, 2.24) is 4.72 Å². The number of hydrogen-bond donors (Lipinski definition) is 1. The minimum atomic E-state index is -3.82. The fourth-order valence-corrected chi connectivity index (χ4v) is 3.50. The fourth-order valence-electron chi connectivity index (χ4n) is 0.913. The molecular formula is C5H2ClN2O3S2. The van der Waals surface area contributed by atoms with Crippen LogP contribution < -0.4 is 10.0 Å². The fraction of sp³-hybridized carbons (Fsp3) is 0. The van der Waals surface area contributed by atoms with Crippen LogP contribution in [-0.2, 0) is 10.0 Å². The Kier molecular flexibility index (Phi) is 1.76. The van der Waals surface area contributed by atoms with E-state index in [0.717, 1.165) is 11.3 Å².